The maximum atomic E-state index is 5.78. The van der Waals surface area contributed by atoms with E-state index in [1.807, 2.05) is 18.2 Å². The number of hydrogen-bond donors (Lipinski definition) is 1. The summed E-state index contributed by atoms with van der Waals surface area (Å²) in [7, 11) is 0. The third kappa shape index (κ3) is 1.70. The molecule has 1 aliphatic heterocycles. The minimum Gasteiger partial charge on any atom is -0.468 e. The van der Waals surface area contributed by atoms with Crippen LogP contribution < -0.4 is 5.73 Å². The fourth-order valence-electron chi connectivity index (χ4n) is 2.22. The van der Waals surface area contributed by atoms with Crippen LogP contribution in [0.2, 0.25) is 0 Å². The summed E-state index contributed by atoms with van der Waals surface area (Å²) in [5.74, 6) is 1.01. The van der Waals surface area contributed by atoms with Gasteiger partial charge in [-0.05, 0) is 35.4 Å². The normalized spacial score (nSPS) is 15.2. The number of hydrogen-bond acceptors (Lipinski definition) is 3. The lowest BCUT2D eigenvalue weighted by Crippen LogP contribution is -2.14. The quantitative estimate of drug-likeness (QED) is 0.780. The molecule has 0 aliphatic carbocycles. The van der Waals surface area contributed by atoms with Gasteiger partial charge in [0.15, 0.2) is 0 Å². The number of benzene rings is 1. The summed E-state index contributed by atoms with van der Waals surface area (Å²) in [6, 6.07) is 10.1. The van der Waals surface area contributed by atoms with Crippen molar-refractivity contribution in [2.45, 2.75) is 19.6 Å². The Kier molecular flexibility index (Phi) is 2.18. The SMILES string of the molecule is Nc1ccc2c(c1)CN(Cc1ccco1)C2. The van der Waals surface area contributed by atoms with E-state index in [-0.39, 0.29) is 0 Å². The van der Waals surface area contributed by atoms with Crippen molar-refractivity contribution in [2.75, 3.05) is 5.73 Å². The van der Waals surface area contributed by atoms with Gasteiger partial charge in [0.1, 0.15) is 5.76 Å². The van der Waals surface area contributed by atoms with E-state index >= 15 is 0 Å². The molecule has 1 aliphatic rings. The summed E-state index contributed by atoms with van der Waals surface area (Å²) in [4.78, 5) is 2.35. The highest BCUT2D eigenvalue weighted by molar-refractivity contribution is 5.46. The van der Waals surface area contributed by atoms with Crippen molar-refractivity contribution in [2.24, 2.45) is 0 Å². The van der Waals surface area contributed by atoms with Crippen LogP contribution in [-0.4, -0.2) is 4.90 Å². The maximum absolute atomic E-state index is 5.78. The fourth-order valence-corrected chi connectivity index (χ4v) is 2.22. The van der Waals surface area contributed by atoms with Gasteiger partial charge in [-0.25, -0.2) is 0 Å². The van der Waals surface area contributed by atoms with Crippen LogP contribution in [0.5, 0.6) is 0 Å². The zero-order chi connectivity index (χ0) is 11.0. The van der Waals surface area contributed by atoms with Gasteiger partial charge in [0.05, 0.1) is 12.8 Å². The Bertz CT molecular complexity index is 491. The first kappa shape index (κ1) is 9.48. The second-order valence-corrected chi connectivity index (χ2v) is 4.25. The second kappa shape index (κ2) is 3.68. The van der Waals surface area contributed by atoms with E-state index in [4.69, 9.17) is 10.2 Å². The van der Waals surface area contributed by atoms with Crippen molar-refractivity contribution in [1.29, 1.82) is 0 Å². The minimum atomic E-state index is 0.846. The van der Waals surface area contributed by atoms with E-state index in [1.54, 1.807) is 6.26 Å². The van der Waals surface area contributed by atoms with Crippen LogP contribution in [0.15, 0.2) is 41.0 Å². The van der Waals surface area contributed by atoms with Crippen molar-refractivity contribution in [1.82, 2.24) is 4.90 Å². The summed E-state index contributed by atoms with van der Waals surface area (Å²) in [5.41, 5.74) is 9.34. The molecule has 0 spiro atoms. The van der Waals surface area contributed by atoms with E-state index in [0.717, 1.165) is 31.1 Å². The zero-order valence-corrected chi connectivity index (χ0v) is 9.02. The Balaban J connectivity index is 1.75. The summed E-state index contributed by atoms with van der Waals surface area (Å²) >= 11 is 0. The molecule has 0 saturated carbocycles. The van der Waals surface area contributed by atoms with Crippen LogP contribution in [0.3, 0.4) is 0 Å². The smallest absolute Gasteiger partial charge is 0.117 e. The molecule has 3 rings (SSSR count). The molecule has 0 amide bonds. The minimum absolute atomic E-state index is 0.846. The highest BCUT2D eigenvalue weighted by Gasteiger charge is 2.19. The Morgan fingerprint density at radius 1 is 1.19 bits per heavy atom. The molecule has 3 heteroatoms. The van der Waals surface area contributed by atoms with Gasteiger partial charge in [-0.15, -0.1) is 0 Å². The molecule has 2 aromatic rings. The number of rotatable bonds is 2. The summed E-state index contributed by atoms with van der Waals surface area (Å²) < 4.78 is 5.35. The topological polar surface area (TPSA) is 42.4 Å². The predicted molar refractivity (Wildman–Crippen MR) is 62.5 cm³/mol. The average molecular weight is 214 g/mol. The van der Waals surface area contributed by atoms with E-state index in [2.05, 4.69) is 17.0 Å². The largest absolute Gasteiger partial charge is 0.468 e. The van der Waals surface area contributed by atoms with Gasteiger partial charge >= 0.3 is 0 Å². The molecule has 0 saturated heterocycles. The van der Waals surface area contributed by atoms with Crippen molar-refractivity contribution in [3.63, 3.8) is 0 Å². The van der Waals surface area contributed by atoms with Crippen LogP contribution in [-0.2, 0) is 19.6 Å². The number of nitrogen functional groups attached to an aromatic ring is 1. The van der Waals surface area contributed by atoms with Crippen molar-refractivity contribution >= 4 is 5.69 Å². The number of nitrogens with two attached hydrogens (primary N) is 1. The van der Waals surface area contributed by atoms with Gasteiger partial charge < -0.3 is 10.2 Å². The van der Waals surface area contributed by atoms with Crippen LogP contribution in [0, 0.1) is 0 Å². The Morgan fingerprint density at radius 3 is 2.88 bits per heavy atom. The first-order valence-electron chi connectivity index (χ1n) is 5.43. The second-order valence-electron chi connectivity index (χ2n) is 4.25. The van der Waals surface area contributed by atoms with E-state index in [1.165, 1.54) is 11.1 Å². The van der Waals surface area contributed by atoms with Gasteiger partial charge in [0.25, 0.3) is 0 Å². The molecule has 82 valence electrons. The van der Waals surface area contributed by atoms with Gasteiger partial charge in [-0.3, -0.25) is 4.90 Å². The lowest BCUT2D eigenvalue weighted by molar-refractivity contribution is 0.251. The van der Waals surface area contributed by atoms with Crippen molar-refractivity contribution < 1.29 is 4.42 Å². The molecular weight excluding hydrogens is 200 g/mol. The lowest BCUT2D eigenvalue weighted by atomic mass is 10.1. The van der Waals surface area contributed by atoms with Crippen LogP contribution in [0.25, 0.3) is 0 Å². The molecule has 3 nitrogen and oxygen atoms in total. The lowest BCUT2D eigenvalue weighted by Gasteiger charge is -2.12. The average Bonchev–Trinajstić information content (AvgIpc) is 2.86. The molecule has 16 heavy (non-hydrogen) atoms. The van der Waals surface area contributed by atoms with Crippen molar-refractivity contribution in [3.05, 3.63) is 53.5 Å². The molecule has 0 bridgehead atoms. The summed E-state index contributed by atoms with van der Waals surface area (Å²) in [6.45, 7) is 2.80. The number of fused-ring (bicyclic) bond motifs is 1. The number of furan rings is 1. The Hall–Kier alpha value is -1.74. The van der Waals surface area contributed by atoms with E-state index in [9.17, 15) is 0 Å². The fraction of sp³-hybridized carbons (Fsp3) is 0.231. The van der Waals surface area contributed by atoms with Gasteiger partial charge in [-0.1, -0.05) is 6.07 Å². The highest BCUT2D eigenvalue weighted by atomic mass is 16.3. The molecule has 0 unspecified atom stereocenters. The first-order valence-corrected chi connectivity index (χ1v) is 5.43. The monoisotopic (exact) mass is 214 g/mol. The predicted octanol–water partition coefficient (Wildman–Crippen LogP) is 2.38. The van der Waals surface area contributed by atoms with Crippen LogP contribution >= 0.6 is 0 Å². The number of nitrogens with zero attached hydrogens (tertiary/aromatic N) is 1. The molecule has 0 fully saturated rings. The molecule has 1 aromatic heterocycles. The summed E-state index contributed by atoms with van der Waals surface area (Å²) in [5, 5.41) is 0. The highest BCUT2D eigenvalue weighted by Crippen LogP contribution is 2.25. The standard InChI is InChI=1S/C13H14N2O/c14-12-4-3-10-7-15(8-11(10)6-12)9-13-2-1-5-16-13/h1-6H,7-9,14H2. The Labute approximate surface area is 94.5 Å². The molecule has 0 radical (unpaired) electrons. The number of anilines is 1. The molecule has 1 aromatic carbocycles. The third-order valence-electron chi connectivity index (χ3n) is 2.98. The molecule has 0 atom stereocenters. The molecule has 2 heterocycles. The van der Waals surface area contributed by atoms with Crippen molar-refractivity contribution in [3.8, 4) is 0 Å². The third-order valence-corrected chi connectivity index (χ3v) is 2.98. The van der Waals surface area contributed by atoms with Gasteiger partial charge in [0.2, 0.25) is 0 Å². The van der Waals surface area contributed by atoms with E-state index < -0.39 is 0 Å². The van der Waals surface area contributed by atoms with Gasteiger partial charge in [0, 0.05) is 18.8 Å². The molecule has 2 N–H and O–H groups in total. The Morgan fingerprint density at radius 2 is 2.06 bits per heavy atom. The van der Waals surface area contributed by atoms with Crippen LogP contribution in [0.1, 0.15) is 16.9 Å². The summed E-state index contributed by atoms with van der Waals surface area (Å²) in [6.07, 6.45) is 1.72. The van der Waals surface area contributed by atoms with E-state index in [0.29, 0.717) is 0 Å². The van der Waals surface area contributed by atoms with Gasteiger partial charge in [-0.2, -0.15) is 0 Å². The first-order chi connectivity index (χ1) is 7.81. The maximum Gasteiger partial charge on any atom is 0.117 e. The zero-order valence-electron chi connectivity index (χ0n) is 9.02. The van der Waals surface area contributed by atoms with Crippen LogP contribution in [0.4, 0.5) is 5.69 Å². The molecular formula is C13H14N2O.